The molecule has 7 aliphatic rings. The molecule has 2 nitrogen and oxygen atoms in total. The maximum Gasteiger partial charge on any atom is 0.309 e. The van der Waals surface area contributed by atoms with Gasteiger partial charge in [0.25, 0.3) is 0 Å². The first kappa shape index (κ1) is 41.6. The summed E-state index contributed by atoms with van der Waals surface area (Å²) in [5, 5.41) is 0. The summed E-state index contributed by atoms with van der Waals surface area (Å²) in [6.07, 6.45) is 52.1. The van der Waals surface area contributed by atoms with Gasteiger partial charge in [0.05, 0.1) is 12.5 Å². The van der Waals surface area contributed by atoms with Crippen LogP contribution in [0.25, 0.3) is 0 Å². The molecule has 0 aliphatic heterocycles. The molecule has 0 aromatic carbocycles. The van der Waals surface area contributed by atoms with Crippen molar-refractivity contribution in [3.8, 4) is 0 Å². The summed E-state index contributed by atoms with van der Waals surface area (Å²) >= 11 is 0. The fraction of sp³-hybridized carbons (Fsp3) is 0.981. The van der Waals surface area contributed by atoms with E-state index in [-0.39, 0.29) is 11.9 Å². The van der Waals surface area contributed by atoms with Gasteiger partial charge in [0.15, 0.2) is 0 Å². The first-order valence-electron chi connectivity index (χ1n) is 25.8. The van der Waals surface area contributed by atoms with Crippen molar-refractivity contribution in [2.24, 2.45) is 76.9 Å². The SMILES string of the molecule is CCCCCCCCCCCCCCCCCCCCCOC(=O)C1CCCC2CC3CC4CC5CC6CC7CCCCC7CC6CC5CC4CC3CC21. The van der Waals surface area contributed by atoms with Gasteiger partial charge in [-0.3, -0.25) is 4.79 Å². The summed E-state index contributed by atoms with van der Waals surface area (Å²) in [4.78, 5) is 13.6. The first-order valence-corrected chi connectivity index (χ1v) is 25.8. The summed E-state index contributed by atoms with van der Waals surface area (Å²) in [7, 11) is 0. The lowest BCUT2D eigenvalue weighted by Crippen LogP contribution is -2.48. The number of fused-ring (bicyclic) bond motifs is 6. The molecule has 0 aromatic heterocycles. The summed E-state index contributed by atoms with van der Waals surface area (Å²) in [6, 6.07) is 0. The van der Waals surface area contributed by atoms with E-state index in [9.17, 15) is 4.79 Å². The molecule has 0 saturated heterocycles. The highest BCUT2D eigenvalue weighted by Crippen LogP contribution is 2.61. The molecule has 310 valence electrons. The third kappa shape index (κ3) is 11.6. The average molecular weight is 747 g/mol. The van der Waals surface area contributed by atoms with Crippen molar-refractivity contribution in [1.82, 2.24) is 0 Å². The molecular weight excluding hydrogens is 657 g/mol. The van der Waals surface area contributed by atoms with Crippen LogP contribution in [0, 0.1) is 76.9 Å². The molecule has 7 rings (SSSR count). The van der Waals surface area contributed by atoms with E-state index in [1.165, 1.54) is 161 Å². The van der Waals surface area contributed by atoms with E-state index in [2.05, 4.69) is 6.92 Å². The minimum Gasteiger partial charge on any atom is -0.465 e. The van der Waals surface area contributed by atoms with Crippen LogP contribution in [0.2, 0.25) is 0 Å². The highest BCUT2D eigenvalue weighted by Gasteiger charge is 2.52. The van der Waals surface area contributed by atoms with E-state index in [1.807, 2.05) is 0 Å². The van der Waals surface area contributed by atoms with E-state index < -0.39 is 0 Å². The second-order valence-corrected chi connectivity index (χ2v) is 21.7. The van der Waals surface area contributed by atoms with Gasteiger partial charge in [-0.05, 0) is 148 Å². The highest BCUT2D eigenvalue weighted by molar-refractivity contribution is 5.73. The van der Waals surface area contributed by atoms with Crippen molar-refractivity contribution in [1.29, 1.82) is 0 Å². The fourth-order valence-corrected chi connectivity index (χ4v) is 15.4. The number of unbranched alkanes of at least 4 members (excludes halogenated alkanes) is 18. The molecule has 13 unspecified atom stereocenters. The van der Waals surface area contributed by atoms with Gasteiger partial charge in [0.2, 0.25) is 0 Å². The van der Waals surface area contributed by atoms with Gasteiger partial charge in [-0.1, -0.05) is 161 Å². The molecule has 7 fully saturated rings. The molecule has 2 heteroatoms. The van der Waals surface area contributed by atoms with Crippen molar-refractivity contribution >= 4 is 5.97 Å². The predicted octanol–water partition coefficient (Wildman–Crippen LogP) is 15.7. The molecule has 7 saturated carbocycles. The van der Waals surface area contributed by atoms with Crippen LogP contribution in [0.5, 0.6) is 0 Å². The number of ether oxygens (including phenoxy) is 1. The molecule has 13 atom stereocenters. The Morgan fingerprint density at radius 1 is 0.370 bits per heavy atom. The summed E-state index contributed by atoms with van der Waals surface area (Å²) < 4.78 is 6.08. The van der Waals surface area contributed by atoms with Gasteiger partial charge in [-0.15, -0.1) is 0 Å². The Bertz CT molecular complexity index is 1070. The molecule has 0 spiro atoms. The molecular formula is C52H90O2. The average Bonchev–Trinajstić information content (AvgIpc) is 3.18. The van der Waals surface area contributed by atoms with Crippen LogP contribution < -0.4 is 0 Å². The number of rotatable bonds is 21. The van der Waals surface area contributed by atoms with Crippen molar-refractivity contribution in [3.05, 3.63) is 0 Å². The Hall–Kier alpha value is -0.530. The Morgan fingerprint density at radius 3 is 1.13 bits per heavy atom. The second kappa shape index (κ2) is 22.0. The third-order valence-corrected chi connectivity index (χ3v) is 18.3. The van der Waals surface area contributed by atoms with Gasteiger partial charge >= 0.3 is 5.97 Å². The first-order chi connectivity index (χ1) is 26.7. The molecule has 0 radical (unpaired) electrons. The molecule has 0 aromatic rings. The molecule has 0 bridgehead atoms. The van der Waals surface area contributed by atoms with Gasteiger partial charge in [-0.2, -0.15) is 0 Å². The molecule has 54 heavy (non-hydrogen) atoms. The second-order valence-electron chi connectivity index (χ2n) is 21.7. The van der Waals surface area contributed by atoms with Crippen LogP contribution in [-0.2, 0) is 9.53 Å². The number of esters is 1. The minimum atomic E-state index is 0.198. The molecule has 7 aliphatic carbocycles. The number of carbonyl (C=O) groups excluding carboxylic acids is 1. The van der Waals surface area contributed by atoms with E-state index in [0.717, 1.165) is 77.9 Å². The monoisotopic (exact) mass is 747 g/mol. The smallest absolute Gasteiger partial charge is 0.309 e. The zero-order valence-corrected chi connectivity index (χ0v) is 36.0. The van der Waals surface area contributed by atoms with Gasteiger partial charge in [0, 0.05) is 0 Å². The fourth-order valence-electron chi connectivity index (χ4n) is 15.4. The number of hydrogen-bond acceptors (Lipinski definition) is 2. The zero-order valence-electron chi connectivity index (χ0n) is 36.0. The number of hydrogen-bond donors (Lipinski definition) is 0. The summed E-state index contributed by atoms with van der Waals surface area (Å²) in [5.74, 6) is 12.3. The predicted molar refractivity (Wildman–Crippen MR) is 228 cm³/mol. The Kier molecular flexibility index (Phi) is 17.0. The Labute approximate surface area is 336 Å². The lowest BCUT2D eigenvalue weighted by molar-refractivity contribution is -0.156. The molecule has 0 heterocycles. The van der Waals surface area contributed by atoms with Crippen LogP contribution in [0.1, 0.15) is 238 Å². The maximum atomic E-state index is 13.6. The third-order valence-electron chi connectivity index (χ3n) is 18.3. The molecule has 0 N–H and O–H groups in total. The largest absolute Gasteiger partial charge is 0.465 e. The lowest BCUT2D eigenvalue weighted by Gasteiger charge is -2.57. The standard InChI is InChI=1S/C52H90O2/c1-2-3-4-5-6-7-8-9-10-11-12-13-14-15-16-17-18-19-22-28-54-52(53)50-27-23-26-41-31-44-34-47-35-45-32-42-29-39-24-20-21-25-40(39)30-43(42)33-46(45)36-48(47)37-49(44)38-51(41)50/h39-51H,2-38H2,1H3. The normalized spacial score (nSPS) is 38.6. The van der Waals surface area contributed by atoms with Crippen LogP contribution in [-0.4, -0.2) is 12.6 Å². The Balaban J connectivity index is 0.730. The van der Waals surface area contributed by atoms with E-state index in [1.54, 1.807) is 57.8 Å². The zero-order chi connectivity index (χ0) is 37.0. The van der Waals surface area contributed by atoms with Gasteiger partial charge in [-0.25, -0.2) is 0 Å². The minimum absolute atomic E-state index is 0.198. The summed E-state index contributed by atoms with van der Waals surface area (Å²) in [5.41, 5.74) is 0. The number of carbonyl (C=O) groups is 1. The van der Waals surface area contributed by atoms with Gasteiger partial charge < -0.3 is 4.74 Å². The van der Waals surface area contributed by atoms with Crippen molar-refractivity contribution in [3.63, 3.8) is 0 Å². The summed E-state index contributed by atoms with van der Waals surface area (Å²) in [6.45, 7) is 2.98. The van der Waals surface area contributed by atoms with Crippen LogP contribution in [0.4, 0.5) is 0 Å². The van der Waals surface area contributed by atoms with Crippen molar-refractivity contribution in [2.75, 3.05) is 6.61 Å². The van der Waals surface area contributed by atoms with E-state index in [0.29, 0.717) is 12.5 Å². The topological polar surface area (TPSA) is 26.3 Å². The van der Waals surface area contributed by atoms with Crippen LogP contribution in [0.3, 0.4) is 0 Å². The lowest BCUT2D eigenvalue weighted by atomic mass is 9.48. The van der Waals surface area contributed by atoms with E-state index in [4.69, 9.17) is 4.74 Å². The van der Waals surface area contributed by atoms with Crippen molar-refractivity contribution in [2.45, 2.75) is 238 Å². The van der Waals surface area contributed by atoms with Crippen LogP contribution in [0.15, 0.2) is 0 Å². The molecule has 0 amide bonds. The van der Waals surface area contributed by atoms with Crippen molar-refractivity contribution < 1.29 is 9.53 Å². The van der Waals surface area contributed by atoms with Crippen LogP contribution >= 0.6 is 0 Å². The Morgan fingerprint density at radius 2 is 0.704 bits per heavy atom. The highest BCUT2D eigenvalue weighted by atomic mass is 16.5. The quantitative estimate of drug-likeness (QED) is 0.0863. The van der Waals surface area contributed by atoms with Gasteiger partial charge in [0.1, 0.15) is 0 Å². The van der Waals surface area contributed by atoms with E-state index >= 15 is 0 Å². The maximum absolute atomic E-state index is 13.6.